The van der Waals surface area contributed by atoms with E-state index in [2.05, 4.69) is 35.2 Å². The molecule has 0 N–H and O–H groups in total. The molecule has 0 saturated carbocycles. The van der Waals surface area contributed by atoms with E-state index in [9.17, 15) is 0 Å². The van der Waals surface area contributed by atoms with Gasteiger partial charge in [0.2, 0.25) is 0 Å². The van der Waals surface area contributed by atoms with Crippen LogP contribution < -0.4 is 4.74 Å². The van der Waals surface area contributed by atoms with E-state index in [1.54, 1.807) is 6.08 Å². The molecule has 20 heavy (non-hydrogen) atoms. The average molecular weight is 406 g/mol. The Kier molecular flexibility index (Phi) is 6.94. The first-order valence-corrected chi connectivity index (χ1v) is 6.69. The van der Waals surface area contributed by atoms with E-state index in [0.29, 0.717) is 6.61 Å². The van der Waals surface area contributed by atoms with E-state index in [-0.39, 0.29) is 32.7 Å². The van der Waals surface area contributed by atoms with E-state index in [0.717, 1.165) is 27.2 Å². The number of likely N-dealkylation sites (N-methyl/N-ethyl adjacent to an activating group) is 1. The van der Waals surface area contributed by atoms with Gasteiger partial charge in [0.25, 0.3) is 0 Å². The standard InChI is InChI=1S/C16H15BrNO.Y/c1-4-11-19-14-7-5-13(6-8-14)16-10-9-15(17)12(2)18(16)3;/h4-9H,1-2,11H2,3H3;/q-1;. The van der Waals surface area contributed by atoms with Gasteiger partial charge >= 0.3 is 0 Å². The van der Waals surface area contributed by atoms with Gasteiger partial charge in [0.05, 0.1) is 0 Å². The van der Waals surface area contributed by atoms with E-state index < -0.39 is 0 Å². The van der Waals surface area contributed by atoms with Crippen molar-refractivity contribution in [3.63, 3.8) is 0 Å². The second kappa shape index (κ2) is 7.97. The maximum atomic E-state index is 5.46. The Morgan fingerprint density at radius 2 is 2.00 bits per heavy atom. The molecule has 0 aromatic heterocycles. The Morgan fingerprint density at radius 1 is 1.35 bits per heavy atom. The third kappa shape index (κ3) is 3.94. The molecule has 2 nitrogen and oxygen atoms in total. The second-order valence-corrected chi connectivity index (χ2v) is 4.97. The molecule has 0 spiro atoms. The van der Waals surface area contributed by atoms with E-state index in [1.807, 2.05) is 42.3 Å². The number of hydrogen-bond acceptors (Lipinski definition) is 2. The van der Waals surface area contributed by atoms with Gasteiger partial charge in [-0.1, -0.05) is 35.0 Å². The summed E-state index contributed by atoms with van der Waals surface area (Å²) in [4.78, 5) is 2.00. The number of hydrogen-bond donors (Lipinski definition) is 0. The number of nitrogens with zero attached hydrogens (tertiary/aromatic N) is 1. The van der Waals surface area contributed by atoms with Crippen LogP contribution >= 0.6 is 15.9 Å². The SMILES string of the molecule is C=CCOc1ccc(C2=[C-]C=C(Br)C(=C)N2C)cc1.[Y]. The second-order valence-electron chi connectivity index (χ2n) is 4.11. The first-order chi connectivity index (χ1) is 9.13. The summed E-state index contributed by atoms with van der Waals surface area (Å²) in [6, 6.07) is 7.91. The fourth-order valence-electron chi connectivity index (χ4n) is 1.75. The Labute approximate surface area is 153 Å². The van der Waals surface area contributed by atoms with Crippen LogP contribution in [0.2, 0.25) is 0 Å². The summed E-state index contributed by atoms with van der Waals surface area (Å²) in [5, 5.41) is 0. The minimum absolute atomic E-state index is 0. The molecule has 1 heterocycles. The minimum atomic E-state index is 0. The zero-order chi connectivity index (χ0) is 13.8. The van der Waals surface area contributed by atoms with Crippen molar-refractivity contribution in [3.8, 4) is 5.75 Å². The third-order valence-corrected chi connectivity index (χ3v) is 3.53. The summed E-state index contributed by atoms with van der Waals surface area (Å²) in [5.74, 6) is 0.832. The molecular formula is C16H15BrNOY-. The first-order valence-electron chi connectivity index (χ1n) is 5.89. The van der Waals surface area contributed by atoms with Crippen LogP contribution in [-0.2, 0) is 32.7 Å². The molecule has 4 heteroatoms. The van der Waals surface area contributed by atoms with Gasteiger partial charge in [-0.05, 0) is 17.8 Å². The Hall–Kier alpha value is -0.636. The van der Waals surface area contributed by atoms with Crippen LogP contribution in [0, 0.1) is 6.08 Å². The van der Waals surface area contributed by atoms with Gasteiger partial charge in [-0.3, -0.25) is 0 Å². The Bertz CT molecular complexity index is 560. The molecule has 0 unspecified atom stereocenters. The Balaban J connectivity index is 0.00000200. The molecule has 0 atom stereocenters. The number of allylic oxidation sites excluding steroid dienone is 3. The van der Waals surface area contributed by atoms with Crippen LogP contribution in [-0.4, -0.2) is 18.6 Å². The molecule has 1 aromatic carbocycles. The van der Waals surface area contributed by atoms with Gasteiger partial charge in [0.15, 0.2) is 0 Å². The number of ether oxygens (including phenoxy) is 1. The predicted octanol–water partition coefficient (Wildman–Crippen LogP) is 4.13. The molecule has 0 aliphatic carbocycles. The molecular weight excluding hydrogens is 391 g/mol. The predicted molar refractivity (Wildman–Crippen MR) is 82.7 cm³/mol. The molecule has 0 bridgehead atoms. The molecule has 1 radical (unpaired) electrons. The molecule has 101 valence electrons. The van der Waals surface area contributed by atoms with Crippen LogP contribution in [0.3, 0.4) is 0 Å². The summed E-state index contributed by atoms with van der Waals surface area (Å²) in [7, 11) is 1.97. The topological polar surface area (TPSA) is 12.5 Å². The van der Waals surface area contributed by atoms with Crippen molar-refractivity contribution in [2.45, 2.75) is 0 Å². The van der Waals surface area contributed by atoms with E-state index in [4.69, 9.17) is 4.74 Å². The zero-order valence-corrected chi connectivity index (χ0v) is 15.8. The summed E-state index contributed by atoms with van der Waals surface area (Å²) < 4.78 is 6.41. The zero-order valence-electron chi connectivity index (χ0n) is 11.4. The van der Waals surface area contributed by atoms with Crippen LogP contribution in [0.25, 0.3) is 5.70 Å². The van der Waals surface area contributed by atoms with Crippen LogP contribution in [0.1, 0.15) is 5.56 Å². The maximum Gasteiger partial charge on any atom is 0.117 e. The van der Waals surface area contributed by atoms with Gasteiger partial charge in [0.1, 0.15) is 12.4 Å². The normalized spacial score (nSPS) is 14.1. The van der Waals surface area contributed by atoms with Crippen molar-refractivity contribution < 1.29 is 37.4 Å². The number of benzene rings is 1. The molecule has 2 rings (SSSR count). The number of halogens is 1. The van der Waals surface area contributed by atoms with Crippen LogP contribution in [0.5, 0.6) is 5.75 Å². The fourth-order valence-corrected chi connectivity index (χ4v) is 2.13. The average Bonchev–Trinajstić information content (AvgIpc) is 2.44. The van der Waals surface area contributed by atoms with Crippen molar-refractivity contribution in [1.82, 2.24) is 4.90 Å². The minimum Gasteiger partial charge on any atom is -0.490 e. The summed E-state index contributed by atoms with van der Waals surface area (Å²) >= 11 is 3.45. The quantitative estimate of drug-likeness (QED) is 0.551. The molecule has 1 aromatic rings. The van der Waals surface area contributed by atoms with Crippen molar-refractivity contribution >= 4 is 21.6 Å². The van der Waals surface area contributed by atoms with Crippen LogP contribution in [0.4, 0.5) is 0 Å². The van der Waals surface area contributed by atoms with Crippen molar-refractivity contribution in [2.75, 3.05) is 13.7 Å². The van der Waals surface area contributed by atoms with Gasteiger partial charge in [-0.25, -0.2) is 0 Å². The number of rotatable bonds is 4. The maximum absolute atomic E-state index is 5.46. The van der Waals surface area contributed by atoms with Gasteiger partial charge in [-0.2, -0.15) is 12.2 Å². The van der Waals surface area contributed by atoms with Crippen molar-refractivity contribution in [2.24, 2.45) is 0 Å². The monoisotopic (exact) mass is 405 g/mol. The molecule has 0 amide bonds. The van der Waals surface area contributed by atoms with Crippen molar-refractivity contribution in [3.05, 3.63) is 71.4 Å². The third-order valence-electron chi connectivity index (χ3n) is 2.85. The smallest absolute Gasteiger partial charge is 0.117 e. The summed E-state index contributed by atoms with van der Waals surface area (Å²) in [6.45, 7) is 8.16. The molecule has 0 saturated heterocycles. The summed E-state index contributed by atoms with van der Waals surface area (Å²) in [6.07, 6.45) is 6.86. The first kappa shape index (κ1) is 17.4. The Morgan fingerprint density at radius 3 is 2.60 bits per heavy atom. The van der Waals surface area contributed by atoms with Crippen LogP contribution in [0.15, 0.2) is 59.8 Å². The van der Waals surface area contributed by atoms with Crippen molar-refractivity contribution in [1.29, 1.82) is 0 Å². The summed E-state index contributed by atoms with van der Waals surface area (Å²) in [5.41, 5.74) is 2.98. The van der Waals surface area contributed by atoms with E-state index in [1.165, 1.54) is 0 Å². The van der Waals surface area contributed by atoms with Gasteiger partial charge < -0.3 is 9.64 Å². The van der Waals surface area contributed by atoms with E-state index >= 15 is 0 Å². The van der Waals surface area contributed by atoms with Gasteiger partial charge in [-0.15, -0.1) is 28.1 Å². The molecule has 1 aliphatic rings. The fraction of sp³-hybridized carbons (Fsp3) is 0.125. The molecule has 1 aliphatic heterocycles. The largest absolute Gasteiger partial charge is 0.490 e. The molecule has 0 fully saturated rings. The van der Waals surface area contributed by atoms with Gasteiger partial charge in [0, 0.05) is 39.8 Å².